The van der Waals surface area contributed by atoms with Crippen LogP contribution in [0.3, 0.4) is 0 Å². The Kier molecular flexibility index (Phi) is 2.52. The second kappa shape index (κ2) is 4.21. The molecule has 0 N–H and O–H groups in total. The van der Waals surface area contributed by atoms with Crippen LogP contribution in [-0.4, -0.2) is 30.2 Å². The normalized spacial score (nSPS) is 27.7. The summed E-state index contributed by atoms with van der Waals surface area (Å²) in [6.45, 7) is 3.12. The van der Waals surface area contributed by atoms with Crippen LogP contribution >= 0.6 is 11.5 Å². The summed E-state index contributed by atoms with van der Waals surface area (Å²) in [6, 6.07) is 8.42. The average Bonchev–Trinajstić information content (AvgIpc) is 3.02. The molecule has 2 atom stereocenters. The van der Waals surface area contributed by atoms with E-state index in [2.05, 4.69) is 33.5 Å². The molecule has 2 saturated heterocycles. The smallest absolute Gasteiger partial charge is 0.120 e. The maximum Gasteiger partial charge on any atom is 0.120 e. The van der Waals surface area contributed by atoms with Crippen molar-refractivity contribution in [2.24, 2.45) is 5.92 Å². The minimum Gasteiger partial charge on any atom is -0.376 e. The largest absolute Gasteiger partial charge is 0.376 e. The molecule has 4 heteroatoms. The molecule has 3 nitrogen and oxygen atoms in total. The van der Waals surface area contributed by atoms with E-state index >= 15 is 0 Å². The van der Waals surface area contributed by atoms with E-state index in [1.165, 1.54) is 23.2 Å². The van der Waals surface area contributed by atoms with E-state index < -0.39 is 0 Å². The molecule has 0 amide bonds. The van der Waals surface area contributed by atoms with Crippen LogP contribution in [-0.2, 0) is 4.74 Å². The highest BCUT2D eigenvalue weighted by molar-refractivity contribution is 7.11. The third kappa shape index (κ3) is 1.63. The minimum absolute atomic E-state index is 0.444. The number of fused-ring (bicyclic) bond motifs is 2. The van der Waals surface area contributed by atoms with Crippen LogP contribution in [0.5, 0.6) is 0 Å². The molecular formula is C14H16N2OS. The van der Waals surface area contributed by atoms with E-state index in [1.807, 2.05) is 0 Å². The molecule has 1 aromatic carbocycles. The molecule has 2 fully saturated rings. The van der Waals surface area contributed by atoms with Gasteiger partial charge in [-0.2, -0.15) is 4.37 Å². The van der Waals surface area contributed by atoms with Gasteiger partial charge in [-0.05, 0) is 36.5 Å². The summed E-state index contributed by atoms with van der Waals surface area (Å²) in [5.74, 6) is 0.722. The number of hydrogen-bond donors (Lipinski definition) is 0. The van der Waals surface area contributed by atoms with E-state index in [0.29, 0.717) is 6.10 Å². The summed E-state index contributed by atoms with van der Waals surface area (Å²) in [5.41, 5.74) is 1.12. The summed E-state index contributed by atoms with van der Waals surface area (Å²) >= 11 is 1.63. The van der Waals surface area contributed by atoms with E-state index in [9.17, 15) is 0 Å². The first-order valence-electron chi connectivity index (χ1n) is 6.63. The number of benzene rings is 1. The lowest BCUT2D eigenvalue weighted by Crippen LogP contribution is -2.28. The molecule has 2 aromatic rings. The molecule has 0 spiro atoms. The number of ether oxygens (including phenoxy) is 1. The standard InChI is InChI=1S/C14H16N2OS/c1-2-6-12-11(5-1)14(18-15-12)16-8-10-4-3-7-17-13(10)9-16/h1-2,5-6,10,13H,3-4,7-9H2/t10-,13+/m0/s1. The van der Waals surface area contributed by atoms with Crippen LogP contribution in [0.25, 0.3) is 10.9 Å². The van der Waals surface area contributed by atoms with Gasteiger partial charge in [-0.3, -0.25) is 0 Å². The molecule has 18 heavy (non-hydrogen) atoms. The van der Waals surface area contributed by atoms with Crippen molar-refractivity contribution in [3.05, 3.63) is 24.3 Å². The predicted octanol–water partition coefficient (Wildman–Crippen LogP) is 2.91. The van der Waals surface area contributed by atoms with Crippen LogP contribution in [0.4, 0.5) is 5.00 Å². The van der Waals surface area contributed by atoms with E-state index in [-0.39, 0.29) is 0 Å². The van der Waals surface area contributed by atoms with Crippen molar-refractivity contribution in [3.63, 3.8) is 0 Å². The Bertz CT molecular complexity index is 554. The average molecular weight is 260 g/mol. The molecule has 4 rings (SSSR count). The molecule has 0 bridgehead atoms. The van der Waals surface area contributed by atoms with Gasteiger partial charge in [0.05, 0.1) is 11.6 Å². The van der Waals surface area contributed by atoms with Crippen LogP contribution in [0.1, 0.15) is 12.8 Å². The zero-order valence-corrected chi connectivity index (χ0v) is 11.0. The van der Waals surface area contributed by atoms with E-state index in [4.69, 9.17) is 4.74 Å². The SMILES string of the molecule is c1ccc2c(N3C[C@@H]4CCCO[C@@H]4C3)snc2c1. The lowest BCUT2D eigenvalue weighted by Gasteiger charge is -2.23. The summed E-state index contributed by atoms with van der Waals surface area (Å²) in [7, 11) is 0. The van der Waals surface area contributed by atoms with Gasteiger partial charge >= 0.3 is 0 Å². The van der Waals surface area contributed by atoms with Crippen molar-refractivity contribution in [2.45, 2.75) is 18.9 Å². The van der Waals surface area contributed by atoms with Crippen molar-refractivity contribution in [3.8, 4) is 0 Å². The maximum atomic E-state index is 5.88. The molecule has 1 aromatic heterocycles. The number of anilines is 1. The van der Waals surface area contributed by atoms with Gasteiger partial charge in [-0.1, -0.05) is 12.1 Å². The van der Waals surface area contributed by atoms with Crippen molar-refractivity contribution in [2.75, 3.05) is 24.6 Å². The Morgan fingerprint density at radius 1 is 1.28 bits per heavy atom. The Morgan fingerprint density at radius 3 is 3.17 bits per heavy atom. The fraction of sp³-hybridized carbons (Fsp3) is 0.500. The molecular weight excluding hydrogens is 244 g/mol. The number of nitrogens with zero attached hydrogens (tertiary/aromatic N) is 2. The molecule has 2 aliphatic heterocycles. The first-order valence-corrected chi connectivity index (χ1v) is 7.40. The van der Waals surface area contributed by atoms with Gasteiger partial charge in [0, 0.05) is 31.0 Å². The monoisotopic (exact) mass is 260 g/mol. The quantitative estimate of drug-likeness (QED) is 0.788. The second-order valence-electron chi connectivity index (χ2n) is 5.22. The Balaban J connectivity index is 1.67. The molecule has 3 heterocycles. The van der Waals surface area contributed by atoms with Gasteiger partial charge in [0.25, 0.3) is 0 Å². The highest BCUT2D eigenvalue weighted by atomic mass is 32.1. The Hall–Kier alpha value is -1.13. The highest BCUT2D eigenvalue weighted by Crippen LogP contribution is 2.37. The zero-order chi connectivity index (χ0) is 11.9. The summed E-state index contributed by atoms with van der Waals surface area (Å²) in [6.07, 6.45) is 2.98. The van der Waals surface area contributed by atoms with Gasteiger partial charge < -0.3 is 9.64 Å². The lowest BCUT2D eigenvalue weighted by atomic mass is 9.98. The van der Waals surface area contributed by atoms with Gasteiger partial charge in [0.1, 0.15) is 5.00 Å². The molecule has 0 radical (unpaired) electrons. The van der Waals surface area contributed by atoms with Gasteiger partial charge in [-0.15, -0.1) is 0 Å². The minimum atomic E-state index is 0.444. The third-order valence-corrected chi connectivity index (χ3v) is 5.02. The van der Waals surface area contributed by atoms with Gasteiger partial charge in [0.2, 0.25) is 0 Å². The molecule has 0 unspecified atom stereocenters. The fourth-order valence-corrected chi connectivity index (χ4v) is 4.04. The van der Waals surface area contributed by atoms with Gasteiger partial charge in [0.15, 0.2) is 0 Å². The zero-order valence-electron chi connectivity index (χ0n) is 10.2. The van der Waals surface area contributed by atoms with Crippen molar-refractivity contribution >= 4 is 27.4 Å². The number of hydrogen-bond acceptors (Lipinski definition) is 4. The summed E-state index contributed by atoms with van der Waals surface area (Å²) in [5, 5.41) is 2.62. The van der Waals surface area contributed by atoms with Crippen molar-refractivity contribution in [1.29, 1.82) is 0 Å². The first-order chi connectivity index (χ1) is 8.92. The van der Waals surface area contributed by atoms with E-state index in [1.54, 1.807) is 11.5 Å². The maximum absolute atomic E-state index is 5.88. The van der Waals surface area contributed by atoms with Gasteiger partial charge in [-0.25, -0.2) is 0 Å². The number of rotatable bonds is 1. The Morgan fingerprint density at radius 2 is 2.22 bits per heavy atom. The topological polar surface area (TPSA) is 25.4 Å². The van der Waals surface area contributed by atoms with Crippen LogP contribution in [0, 0.1) is 5.92 Å². The third-order valence-electron chi connectivity index (χ3n) is 4.08. The van der Waals surface area contributed by atoms with E-state index in [0.717, 1.165) is 31.1 Å². The summed E-state index contributed by atoms with van der Waals surface area (Å²) < 4.78 is 10.4. The molecule has 0 aliphatic carbocycles. The fourth-order valence-electron chi connectivity index (χ4n) is 3.16. The van der Waals surface area contributed by atoms with Crippen LogP contribution < -0.4 is 4.90 Å². The highest BCUT2D eigenvalue weighted by Gasteiger charge is 2.36. The van der Waals surface area contributed by atoms with Crippen molar-refractivity contribution in [1.82, 2.24) is 4.37 Å². The lowest BCUT2D eigenvalue weighted by molar-refractivity contribution is 0.00106. The van der Waals surface area contributed by atoms with Crippen LogP contribution in [0.2, 0.25) is 0 Å². The molecule has 0 saturated carbocycles. The van der Waals surface area contributed by atoms with Crippen LogP contribution in [0.15, 0.2) is 24.3 Å². The number of aromatic nitrogens is 1. The first kappa shape index (κ1) is 10.8. The molecule has 94 valence electrons. The van der Waals surface area contributed by atoms with Crippen molar-refractivity contribution < 1.29 is 4.74 Å². The predicted molar refractivity (Wildman–Crippen MR) is 74.3 cm³/mol. The second-order valence-corrected chi connectivity index (χ2v) is 5.97. The summed E-state index contributed by atoms with van der Waals surface area (Å²) in [4.78, 5) is 2.47. The molecule has 2 aliphatic rings. The Labute approximate surface area is 111 Å².